The highest BCUT2D eigenvalue weighted by molar-refractivity contribution is 5.81. The van der Waals surface area contributed by atoms with Crippen LogP contribution in [0.3, 0.4) is 0 Å². The van der Waals surface area contributed by atoms with Crippen LogP contribution in [-0.4, -0.2) is 36.6 Å². The topological polar surface area (TPSA) is 55.6 Å². The number of rotatable bonds is 9. The van der Waals surface area contributed by atoms with Crippen molar-refractivity contribution in [2.75, 3.05) is 13.7 Å². The van der Waals surface area contributed by atoms with Crippen molar-refractivity contribution >= 4 is 5.91 Å². The molecule has 0 aliphatic carbocycles. The third-order valence-corrected chi connectivity index (χ3v) is 3.78. The fraction of sp³-hybridized carbons (Fsp3) is 0.588. The molecule has 2 N–H and O–H groups in total. The molecule has 21 heavy (non-hydrogen) atoms. The molecular formula is C17H28N2O2. The molecule has 2 atom stereocenters. The first-order chi connectivity index (χ1) is 10.1. The third-order valence-electron chi connectivity index (χ3n) is 3.78. The molecule has 1 amide bonds. The maximum atomic E-state index is 12.6. The van der Waals surface area contributed by atoms with E-state index in [1.54, 1.807) is 7.11 Å². The van der Waals surface area contributed by atoms with E-state index in [0.717, 1.165) is 18.4 Å². The molecule has 0 fully saturated rings. The van der Waals surface area contributed by atoms with E-state index in [2.05, 4.69) is 13.8 Å². The van der Waals surface area contributed by atoms with Crippen molar-refractivity contribution in [1.29, 1.82) is 0 Å². The average Bonchev–Trinajstić information content (AvgIpc) is 2.52. The van der Waals surface area contributed by atoms with Crippen LogP contribution in [0.2, 0.25) is 0 Å². The molecular weight excluding hydrogens is 264 g/mol. The highest BCUT2D eigenvalue weighted by atomic mass is 16.5. The van der Waals surface area contributed by atoms with Crippen LogP contribution in [0.25, 0.3) is 0 Å². The quantitative estimate of drug-likeness (QED) is 0.712. The fourth-order valence-corrected chi connectivity index (χ4v) is 2.24. The normalized spacial score (nSPS) is 13.7. The maximum absolute atomic E-state index is 12.6. The van der Waals surface area contributed by atoms with Crippen molar-refractivity contribution in [1.82, 2.24) is 4.90 Å². The Hall–Kier alpha value is -1.39. The molecule has 1 aromatic carbocycles. The lowest BCUT2D eigenvalue weighted by Crippen LogP contribution is -2.47. The van der Waals surface area contributed by atoms with Crippen LogP contribution in [0.15, 0.2) is 30.3 Å². The van der Waals surface area contributed by atoms with E-state index in [0.29, 0.717) is 19.6 Å². The lowest BCUT2D eigenvalue weighted by atomic mass is 10.1. The van der Waals surface area contributed by atoms with E-state index >= 15 is 0 Å². The number of nitrogens with zero attached hydrogens (tertiary/aromatic N) is 1. The number of hydrogen-bond acceptors (Lipinski definition) is 3. The SMILES string of the molecule is CCC(C)N(Cc1ccccc1)C(=O)C(N)CCCOC. The predicted molar refractivity (Wildman–Crippen MR) is 85.8 cm³/mol. The predicted octanol–water partition coefficient (Wildman–Crippen LogP) is 2.57. The fourth-order valence-electron chi connectivity index (χ4n) is 2.24. The van der Waals surface area contributed by atoms with E-state index in [1.165, 1.54) is 0 Å². The summed E-state index contributed by atoms with van der Waals surface area (Å²) in [6.07, 6.45) is 2.39. The molecule has 118 valence electrons. The van der Waals surface area contributed by atoms with Crippen molar-refractivity contribution in [2.24, 2.45) is 5.73 Å². The van der Waals surface area contributed by atoms with Gasteiger partial charge in [0.15, 0.2) is 0 Å². The minimum absolute atomic E-state index is 0.0318. The lowest BCUT2D eigenvalue weighted by Gasteiger charge is -2.31. The molecule has 0 saturated carbocycles. The molecule has 4 heteroatoms. The van der Waals surface area contributed by atoms with E-state index in [9.17, 15) is 4.79 Å². The molecule has 0 bridgehead atoms. The Kier molecular flexibility index (Phi) is 8.01. The van der Waals surface area contributed by atoms with Gasteiger partial charge in [-0.1, -0.05) is 37.3 Å². The summed E-state index contributed by atoms with van der Waals surface area (Å²) >= 11 is 0. The Balaban J connectivity index is 2.70. The molecule has 2 unspecified atom stereocenters. The zero-order valence-corrected chi connectivity index (χ0v) is 13.4. The summed E-state index contributed by atoms with van der Waals surface area (Å²) < 4.78 is 5.02. The number of carbonyl (C=O) groups is 1. The molecule has 0 aliphatic rings. The van der Waals surface area contributed by atoms with Crippen LogP contribution >= 0.6 is 0 Å². The van der Waals surface area contributed by atoms with Crippen molar-refractivity contribution in [3.8, 4) is 0 Å². The molecule has 1 aromatic rings. The second-order valence-corrected chi connectivity index (χ2v) is 5.45. The van der Waals surface area contributed by atoms with Gasteiger partial charge in [0.05, 0.1) is 6.04 Å². The zero-order valence-electron chi connectivity index (χ0n) is 13.4. The van der Waals surface area contributed by atoms with Crippen LogP contribution in [-0.2, 0) is 16.1 Å². The third kappa shape index (κ3) is 5.86. The summed E-state index contributed by atoms with van der Waals surface area (Å²) in [5, 5.41) is 0. The summed E-state index contributed by atoms with van der Waals surface area (Å²) in [5.41, 5.74) is 7.19. The van der Waals surface area contributed by atoms with Crippen molar-refractivity contribution in [3.63, 3.8) is 0 Å². The summed E-state index contributed by atoms with van der Waals surface area (Å²) in [6.45, 7) is 5.42. The van der Waals surface area contributed by atoms with Crippen LogP contribution in [0.5, 0.6) is 0 Å². The Bertz CT molecular complexity index is 409. The Morgan fingerprint density at radius 3 is 2.57 bits per heavy atom. The van der Waals surface area contributed by atoms with Crippen molar-refractivity contribution in [3.05, 3.63) is 35.9 Å². The van der Waals surface area contributed by atoms with Crippen molar-refractivity contribution < 1.29 is 9.53 Å². The summed E-state index contributed by atoms with van der Waals surface area (Å²) in [7, 11) is 1.66. The van der Waals surface area contributed by atoms with Gasteiger partial charge in [0, 0.05) is 26.3 Å². The highest BCUT2D eigenvalue weighted by Gasteiger charge is 2.24. The number of methoxy groups -OCH3 is 1. The summed E-state index contributed by atoms with van der Waals surface area (Å²) in [4.78, 5) is 14.5. The van der Waals surface area contributed by atoms with Gasteiger partial charge in [-0.05, 0) is 31.7 Å². The largest absolute Gasteiger partial charge is 0.385 e. The van der Waals surface area contributed by atoms with Gasteiger partial charge in [-0.2, -0.15) is 0 Å². The van der Waals surface area contributed by atoms with Gasteiger partial charge in [0.25, 0.3) is 0 Å². The van der Waals surface area contributed by atoms with Gasteiger partial charge in [0.1, 0.15) is 0 Å². The van der Waals surface area contributed by atoms with Crippen LogP contribution in [0.1, 0.15) is 38.7 Å². The monoisotopic (exact) mass is 292 g/mol. The number of nitrogens with two attached hydrogens (primary N) is 1. The standard InChI is InChI=1S/C17H28N2O2/c1-4-14(2)19(13-15-9-6-5-7-10-15)17(20)16(18)11-8-12-21-3/h5-7,9-10,14,16H,4,8,11-13,18H2,1-3H3. The minimum atomic E-state index is -0.446. The molecule has 1 rings (SSSR count). The van der Waals surface area contributed by atoms with E-state index in [1.807, 2.05) is 35.2 Å². The van der Waals surface area contributed by atoms with E-state index in [-0.39, 0.29) is 11.9 Å². The minimum Gasteiger partial charge on any atom is -0.385 e. The Morgan fingerprint density at radius 1 is 1.33 bits per heavy atom. The number of carbonyl (C=O) groups excluding carboxylic acids is 1. The smallest absolute Gasteiger partial charge is 0.240 e. The number of ether oxygens (including phenoxy) is 1. The number of hydrogen-bond donors (Lipinski definition) is 1. The molecule has 0 aromatic heterocycles. The second kappa shape index (κ2) is 9.53. The Morgan fingerprint density at radius 2 is 2.00 bits per heavy atom. The Labute approximate surface area is 128 Å². The number of benzene rings is 1. The molecule has 0 radical (unpaired) electrons. The first-order valence-electron chi connectivity index (χ1n) is 7.69. The van der Waals surface area contributed by atoms with Crippen molar-refractivity contribution in [2.45, 2.75) is 51.7 Å². The molecule has 0 aliphatic heterocycles. The van der Waals surface area contributed by atoms with Gasteiger partial charge < -0.3 is 15.4 Å². The first-order valence-corrected chi connectivity index (χ1v) is 7.69. The second-order valence-electron chi connectivity index (χ2n) is 5.45. The maximum Gasteiger partial charge on any atom is 0.240 e. The molecule has 0 heterocycles. The van der Waals surface area contributed by atoms with Crippen LogP contribution < -0.4 is 5.73 Å². The molecule has 0 spiro atoms. The lowest BCUT2D eigenvalue weighted by molar-refractivity contribution is -0.135. The van der Waals surface area contributed by atoms with Crippen LogP contribution in [0, 0.1) is 0 Å². The van der Waals surface area contributed by atoms with Gasteiger partial charge in [-0.3, -0.25) is 4.79 Å². The average molecular weight is 292 g/mol. The van der Waals surface area contributed by atoms with Gasteiger partial charge in [-0.25, -0.2) is 0 Å². The summed E-state index contributed by atoms with van der Waals surface area (Å²) in [6, 6.07) is 9.79. The van der Waals surface area contributed by atoms with E-state index < -0.39 is 6.04 Å². The molecule has 4 nitrogen and oxygen atoms in total. The van der Waals surface area contributed by atoms with Gasteiger partial charge in [0.2, 0.25) is 5.91 Å². The zero-order chi connectivity index (χ0) is 15.7. The van der Waals surface area contributed by atoms with Gasteiger partial charge >= 0.3 is 0 Å². The summed E-state index contributed by atoms with van der Waals surface area (Å²) in [5.74, 6) is 0.0318. The van der Waals surface area contributed by atoms with E-state index in [4.69, 9.17) is 10.5 Å². The van der Waals surface area contributed by atoms with Crippen LogP contribution in [0.4, 0.5) is 0 Å². The molecule has 0 saturated heterocycles. The highest BCUT2D eigenvalue weighted by Crippen LogP contribution is 2.13. The van der Waals surface area contributed by atoms with Gasteiger partial charge in [-0.15, -0.1) is 0 Å². The first kappa shape index (κ1) is 17.7. The number of amides is 1.